The maximum absolute atomic E-state index is 12.9. The molecule has 1 heterocycles. The third-order valence-electron chi connectivity index (χ3n) is 5.84. The first-order valence-corrected chi connectivity index (χ1v) is 11.4. The van der Waals surface area contributed by atoms with Gasteiger partial charge in [0.05, 0.1) is 4.90 Å². The average molecular weight is 399 g/mol. The van der Waals surface area contributed by atoms with Gasteiger partial charge < -0.3 is 4.90 Å². The summed E-state index contributed by atoms with van der Waals surface area (Å²) in [6, 6.07) is 11.0. The number of hydrogen-bond donors (Lipinski definition) is 1. The quantitative estimate of drug-likeness (QED) is 0.857. The molecule has 5 nitrogen and oxygen atoms in total. The topological polar surface area (TPSA) is 66.5 Å². The molecule has 148 valence electrons. The number of nitrogens with zero attached hydrogens (tertiary/aromatic N) is 1. The zero-order valence-electron chi connectivity index (χ0n) is 16.4. The lowest BCUT2D eigenvalue weighted by molar-refractivity contribution is -0.116. The molecule has 1 atom stereocenters. The molecule has 2 aromatic rings. The van der Waals surface area contributed by atoms with Gasteiger partial charge in [0.2, 0.25) is 15.9 Å². The lowest BCUT2D eigenvalue weighted by atomic mass is 9.89. The lowest BCUT2D eigenvalue weighted by Gasteiger charge is -2.20. The van der Waals surface area contributed by atoms with Crippen LogP contribution >= 0.6 is 0 Å². The molecule has 0 aromatic heterocycles. The van der Waals surface area contributed by atoms with Crippen LogP contribution in [0.15, 0.2) is 41.3 Å². The molecule has 28 heavy (non-hydrogen) atoms. The van der Waals surface area contributed by atoms with E-state index < -0.39 is 10.0 Å². The van der Waals surface area contributed by atoms with E-state index >= 15 is 0 Å². The van der Waals surface area contributed by atoms with E-state index in [9.17, 15) is 13.2 Å². The predicted octanol–water partition coefficient (Wildman–Crippen LogP) is 3.51. The first-order chi connectivity index (χ1) is 13.3. The molecule has 2 aliphatic rings. The number of hydrogen-bond acceptors (Lipinski definition) is 3. The van der Waals surface area contributed by atoms with Gasteiger partial charge in [0.1, 0.15) is 0 Å². The van der Waals surface area contributed by atoms with Gasteiger partial charge in [0.25, 0.3) is 0 Å². The standard InChI is InChI=1S/C22H26N2O3S/c1-15(18-8-7-17-5-3-4-6-19(17)13-18)23-28(26,27)21-9-10-22-20(14-21)11-12-24(22)16(2)25/h7-10,13-15,23H,3-6,11-12H2,1-2H3. The zero-order chi connectivity index (χ0) is 19.9. The second-order valence-corrected chi connectivity index (χ2v) is 9.50. The largest absolute Gasteiger partial charge is 0.312 e. The van der Waals surface area contributed by atoms with Gasteiger partial charge in [-0.3, -0.25) is 4.79 Å². The lowest BCUT2D eigenvalue weighted by Crippen LogP contribution is -2.27. The predicted molar refractivity (Wildman–Crippen MR) is 110 cm³/mol. The summed E-state index contributed by atoms with van der Waals surface area (Å²) in [7, 11) is -3.64. The van der Waals surface area contributed by atoms with E-state index in [-0.39, 0.29) is 16.8 Å². The Kier molecular flexibility index (Phi) is 5.02. The van der Waals surface area contributed by atoms with E-state index in [1.54, 1.807) is 23.1 Å². The van der Waals surface area contributed by atoms with E-state index in [4.69, 9.17) is 0 Å². The Hall–Kier alpha value is -2.18. The molecule has 0 saturated heterocycles. The number of carbonyl (C=O) groups is 1. The van der Waals surface area contributed by atoms with Crippen molar-refractivity contribution in [3.8, 4) is 0 Å². The van der Waals surface area contributed by atoms with Crippen molar-refractivity contribution in [1.29, 1.82) is 0 Å². The first kappa shape index (κ1) is 19.2. The van der Waals surface area contributed by atoms with Crippen LogP contribution in [0.2, 0.25) is 0 Å². The van der Waals surface area contributed by atoms with E-state index in [0.717, 1.165) is 29.7 Å². The second kappa shape index (κ2) is 7.33. The van der Waals surface area contributed by atoms with Crippen LogP contribution in [0, 0.1) is 0 Å². The van der Waals surface area contributed by atoms with Crippen LogP contribution in [0.4, 0.5) is 5.69 Å². The minimum Gasteiger partial charge on any atom is -0.312 e. The molecule has 1 amide bonds. The van der Waals surface area contributed by atoms with Crippen LogP contribution in [0.5, 0.6) is 0 Å². The Labute approximate surface area is 166 Å². The normalized spacial score (nSPS) is 17.1. The summed E-state index contributed by atoms with van der Waals surface area (Å²) in [5, 5.41) is 0. The Morgan fingerprint density at radius 1 is 1.00 bits per heavy atom. The molecule has 0 radical (unpaired) electrons. The molecule has 0 spiro atoms. The minimum absolute atomic E-state index is 0.0199. The Balaban J connectivity index is 1.55. The fourth-order valence-corrected chi connectivity index (χ4v) is 5.55. The number of anilines is 1. The average Bonchev–Trinajstić information content (AvgIpc) is 3.11. The van der Waals surface area contributed by atoms with Gasteiger partial charge in [-0.2, -0.15) is 0 Å². The van der Waals surface area contributed by atoms with Crippen LogP contribution in [-0.2, 0) is 34.1 Å². The van der Waals surface area contributed by atoms with Crippen LogP contribution in [0.3, 0.4) is 0 Å². The zero-order valence-corrected chi connectivity index (χ0v) is 17.2. The van der Waals surface area contributed by atoms with Gasteiger partial charge in [-0.05, 0) is 79.5 Å². The Morgan fingerprint density at radius 2 is 1.75 bits per heavy atom. The van der Waals surface area contributed by atoms with Crippen molar-refractivity contribution in [2.75, 3.05) is 11.4 Å². The maximum Gasteiger partial charge on any atom is 0.241 e. The third kappa shape index (κ3) is 3.59. The fraction of sp³-hybridized carbons (Fsp3) is 0.409. The molecule has 0 bridgehead atoms. The van der Waals surface area contributed by atoms with E-state index in [1.807, 2.05) is 13.0 Å². The number of benzene rings is 2. The molecule has 1 unspecified atom stereocenters. The number of carbonyl (C=O) groups excluding carboxylic acids is 1. The highest BCUT2D eigenvalue weighted by Gasteiger charge is 2.26. The van der Waals surface area contributed by atoms with Gasteiger partial charge in [0.15, 0.2) is 0 Å². The summed E-state index contributed by atoms with van der Waals surface area (Å²) >= 11 is 0. The van der Waals surface area contributed by atoms with Crippen LogP contribution < -0.4 is 9.62 Å². The summed E-state index contributed by atoms with van der Waals surface area (Å²) in [6.45, 7) is 4.02. The number of aryl methyl sites for hydroxylation is 2. The third-order valence-corrected chi connectivity index (χ3v) is 7.38. The fourth-order valence-electron chi connectivity index (χ4n) is 4.26. The number of amides is 1. The van der Waals surface area contributed by atoms with E-state index in [2.05, 4.69) is 16.9 Å². The number of rotatable bonds is 4. The van der Waals surface area contributed by atoms with Crippen molar-refractivity contribution in [2.45, 2.75) is 56.9 Å². The molecular weight excluding hydrogens is 372 g/mol. The number of fused-ring (bicyclic) bond motifs is 2. The number of sulfonamides is 1. The van der Waals surface area contributed by atoms with E-state index in [1.165, 1.54) is 30.9 Å². The molecule has 6 heteroatoms. The summed E-state index contributed by atoms with van der Waals surface area (Å²) in [5.41, 5.74) is 5.44. The molecule has 1 N–H and O–H groups in total. The summed E-state index contributed by atoms with van der Waals surface area (Å²) in [4.78, 5) is 13.6. The van der Waals surface area contributed by atoms with Gasteiger partial charge >= 0.3 is 0 Å². The van der Waals surface area contributed by atoms with Crippen molar-refractivity contribution in [1.82, 2.24) is 4.72 Å². The first-order valence-electron chi connectivity index (χ1n) is 9.90. The van der Waals surface area contributed by atoms with Gasteiger partial charge in [0, 0.05) is 25.2 Å². The molecule has 4 rings (SSSR count). The van der Waals surface area contributed by atoms with Crippen molar-refractivity contribution in [3.63, 3.8) is 0 Å². The van der Waals surface area contributed by atoms with Gasteiger partial charge in [-0.25, -0.2) is 13.1 Å². The molecular formula is C22H26N2O3S. The molecule has 0 saturated carbocycles. The minimum atomic E-state index is -3.64. The molecule has 1 aliphatic heterocycles. The van der Waals surface area contributed by atoms with Crippen molar-refractivity contribution in [2.24, 2.45) is 0 Å². The smallest absolute Gasteiger partial charge is 0.241 e. The molecule has 1 aliphatic carbocycles. The SMILES string of the molecule is CC(=O)N1CCc2cc(S(=O)(=O)NC(C)c3ccc4c(c3)CCCC4)ccc21. The van der Waals surface area contributed by atoms with Crippen LogP contribution in [-0.4, -0.2) is 20.9 Å². The molecule has 0 fully saturated rings. The van der Waals surface area contributed by atoms with Gasteiger partial charge in [-0.1, -0.05) is 18.2 Å². The highest BCUT2D eigenvalue weighted by atomic mass is 32.2. The van der Waals surface area contributed by atoms with Crippen molar-refractivity contribution < 1.29 is 13.2 Å². The number of nitrogens with one attached hydrogen (secondary N) is 1. The highest BCUT2D eigenvalue weighted by molar-refractivity contribution is 7.89. The van der Waals surface area contributed by atoms with Crippen molar-refractivity contribution >= 4 is 21.6 Å². The monoisotopic (exact) mass is 398 g/mol. The van der Waals surface area contributed by atoms with Crippen molar-refractivity contribution in [3.05, 3.63) is 58.7 Å². The van der Waals surface area contributed by atoms with E-state index in [0.29, 0.717) is 13.0 Å². The summed E-state index contributed by atoms with van der Waals surface area (Å²) < 4.78 is 28.7. The maximum atomic E-state index is 12.9. The van der Waals surface area contributed by atoms with Gasteiger partial charge in [-0.15, -0.1) is 0 Å². The molecule has 2 aromatic carbocycles. The van der Waals surface area contributed by atoms with Crippen LogP contribution in [0.25, 0.3) is 0 Å². The Morgan fingerprint density at radius 3 is 2.50 bits per heavy atom. The summed E-state index contributed by atoms with van der Waals surface area (Å²) in [6.07, 6.45) is 5.29. The summed E-state index contributed by atoms with van der Waals surface area (Å²) in [5.74, 6) is -0.0199. The second-order valence-electron chi connectivity index (χ2n) is 7.79. The highest BCUT2D eigenvalue weighted by Crippen LogP contribution is 2.31. The van der Waals surface area contributed by atoms with Crippen LogP contribution in [0.1, 0.15) is 55.0 Å². The Bertz CT molecular complexity index is 1030.